The van der Waals surface area contributed by atoms with Crippen LogP contribution in [0.4, 0.5) is 0 Å². The third-order valence-corrected chi connectivity index (χ3v) is 6.13. The highest BCUT2D eigenvalue weighted by atomic mass is 32.2. The van der Waals surface area contributed by atoms with E-state index < -0.39 is 0 Å². The summed E-state index contributed by atoms with van der Waals surface area (Å²) >= 11 is 3.18. The summed E-state index contributed by atoms with van der Waals surface area (Å²) in [5, 5.41) is 9.34. The molecule has 2 aromatic carbocycles. The van der Waals surface area contributed by atoms with E-state index in [2.05, 4.69) is 41.4 Å². The number of nitrogens with zero attached hydrogens (tertiary/aromatic N) is 3. The summed E-state index contributed by atoms with van der Waals surface area (Å²) in [6.45, 7) is 5.59. The number of carbonyl (C=O) groups excluding carboxylic acids is 1. The summed E-state index contributed by atoms with van der Waals surface area (Å²) in [4.78, 5) is 12.9. The van der Waals surface area contributed by atoms with Crippen LogP contribution in [0.5, 0.6) is 0 Å². The fourth-order valence-electron chi connectivity index (χ4n) is 2.33. The molecule has 4 nitrogen and oxygen atoms in total. The van der Waals surface area contributed by atoms with Crippen molar-refractivity contribution in [2.45, 2.75) is 41.8 Å². The standard InChI is InChI=1S/C20H21N3OS2/c1-14-9-11-18(12-10-14)25-13-19-21-22-20(26-16(3)15(2)24)23(19)17-7-5-4-6-8-17/h4-12,16H,13H2,1-3H3. The third-order valence-electron chi connectivity index (χ3n) is 3.96. The van der Waals surface area contributed by atoms with Gasteiger partial charge in [0.1, 0.15) is 11.6 Å². The highest BCUT2D eigenvalue weighted by molar-refractivity contribution is 8.00. The van der Waals surface area contributed by atoms with Crippen molar-refractivity contribution < 1.29 is 4.79 Å². The van der Waals surface area contributed by atoms with E-state index in [1.54, 1.807) is 18.7 Å². The quantitative estimate of drug-likeness (QED) is 0.541. The molecule has 1 atom stereocenters. The second-order valence-corrected chi connectivity index (χ2v) is 8.40. The molecule has 6 heteroatoms. The van der Waals surface area contributed by atoms with Crippen LogP contribution in [0.3, 0.4) is 0 Å². The number of aromatic nitrogens is 3. The molecule has 1 unspecified atom stereocenters. The predicted molar refractivity (Wildman–Crippen MR) is 108 cm³/mol. The molecule has 0 aliphatic rings. The molecule has 1 heterocycles. The first-order valence-corrected chi connectivity index (χ1v) is 10.3. The normalized spacial score (nSPS) is 12.1. The summed E-state index contributed by atoms with van der Waals surface area (Å²) in [7, 11) is 0. The van der Waals surface area contributed by atoms with Crippen LogP contribution in [-0.2, 0) is 10.5 Å². The Hall–Kier alpha value is -2.05. The maximum atomic E-state index is 11.7. The number of carbonyl (C=O) groups is 1. The van der Waals surface area contributed by atoms with E-state index in [9.17, 15) is 4.79 Å². The second-order valence-electron chi connectivity index (χ2n) is 6.04. The molecule has 0 bridgehead atoms. The zero-order valence-corrected chi connectivity index (χ0v) is 16.7. The molecular weight excluding hydrogens is 362 g/mol. The average molecular weight is 384 g/mol. The molecule has 0 N–H and O–H groups in total. The van der Waals surface area contributed by atoms with Crippen LogP contribution < -0.4 is 0 Å². The smallest absolute Gasteiger partial charge is 0.196 e. The topological polar surface area (TPSA) is 47.8 Å². The number of benzene rings is 2. The van der Waals surface area contributed by atoms with Crippen LogP contribution in [-0.4, -0.2) is 25.8 Å². The van der Waals surface area contributed by atoms with Crippen molar-refractivity contribution in [1.82, 2.24) is 14.8 Å². The van der Waals surface area contributed by atoms with E-state index in [1.807, 2.05) is 41.8 Å². The van der Waals surface area contributed by atoms with Gasteiger partial charge in [-0.3, -0.25) is 9.36 Å². The molecule has 0 saturated carbocycles. The minimum absolute atomic E-state index is 0.133. The van der Waals surface area contributed by atoms with E-state index >= 15 is 0 Å². The Morgan fingerprint density at radius 2 is 1.77 bits per heavy atom. The summed E-state index contributed by atoms with van der Waals surface area (Å²) in [5.41, 5.74) is 2.26. The number of para-hydroxylation sites is 1. The first-order valence-electron chi connectivity index (χ1n) is 8.41. The molecular formula is C20H21N3OS2. The van der Waals surface area contributed by atoms with Crippen LogP contribution in [0.2, 0.25) is 0 Å². The Kier molecular flexibility index (Phi) is 6.16. The lowest BCUT2D eigenvalue weighted by molar-refractivity contribution is -0.116. The lowest BCUT2D eigenvalue weighted by Crippen LogP contribution is -2.10. The zero-order valence-electron chi connectivity index (χ0n) is 15.0. The number of hydrogen-bond donors (Lipinski definition) is 0. The van der Waals surface area contributed by atoms with Gasteiger partial charge in [0, 0.05) is 10.6 Å². The molecule has 26 heavy (non-hydrogen) atoms. The average Bonchev–Trinajstić information content (AvgIpc) is 3.04. The fraction of sp³-hybridized carbons (Fsp3) is 0.250. The lowest BCUT2D eigenvalue weighted by Gasteiger charge is -2.12. The second kappa shape index (κ2) is 8.56. The van der Waals surface area contributed by atoms with Crippen molar-refractivity contribution in [3.8, 4) is 5.69 Å². The maximum absolute atomic E-state index is 11.7. The molecule has 0 aliphatic carbocycles. The molecule has 3 rings (SSSR count). The van der Waals surface area contributed by atoms with Crippen LogP contribution in [0.25, 0.3) is 5.69 Å². The van der Waals surface area contributed by atoms with Gasteiger partial charge < -0.3 is 0 Å². The van der Waals surface area contributed by atoms with Gasteiger partial charge in [-0.15, -0.1) is 22.0 Å². The summed E-state index contributed by atoms with van der Waals surface area (Å²) in [6, 6.07) is 18.5. The summed E-state index contributed by atoms with van der Waals surface area (Å²) in [6.07, 6.45) is 0. The molecule has 0 spiro atoms. The SMILES string of the molecule is CC(=O)C(C)Sc1nnc(CSc2ccc(C)cc2)n1-c1ccccc1. The van der Waals surface area contributed by atoms with Crippen molar-refractivity contribution >= 4 is 29.3 Å². The number of hydrogen-bond acceptors (Lipinski definition) is 5. The molecule has 3 aromatic rings. The molecule has 0 amide bonds. The van der Waals surface area contributed by atoms with Gasteiger partial charge in [-0.1, -0.05) is 47.7 Å². The van der Waals surface area contributed by atoms with Crippen molar-refractivity contribution in [2.24, 2.45) is 0 Å². The first-order chi connectivity index (χ1) is 12.5. The van der Waals surface area contributed by atoms with E-state index in [-0.39, 0.29) is 11.0 Å². The van der Waals surface area contributed by atoms with Crippen molar-refractivity contribution in [1.29, 1.82) is 0 Å². The van der Waals surface area contributed by atoms with Crippen LogP contribution >= 0.6 is 23.5 Å². The van der Waals surface area contributed by atoms with E-state index in [0.29, 0.717) is 5.75 Å². The first kappa shape index (κ1) is 18.7. The predicted octanol–water partition coefficient (Wildman–Crippen LogP) is 4.94. The highest BCUT2D eigenvalue weighted by Gasteiger charge is 2.19. The monoisotopic (exact) mass is 383 g/mol. The summed E-state index contributed by atoms with van der Waals surface area (Å²) < 4.78 is 2.05. The van der Waals surface area contributed by atoms with Gasteiger partial charge in [0.05, 0.1) is 11.0 Å². The van der Waals surface area contributed by atoms with E-state index in [1.165, 1.54) is 22.2 Å². The molecule has 0 aliphatic heterocycles. The Labute approximate surface area is 162 Å². The van der Waals surface area contributed by atoms with E-state index in [4.69, 9.17) is 0 Å². The van der Waals surface area contributed by atoms with Gasteiger partial charge in [-0.05, 0) is 45.0 Å². The number of aryl methyl sites for hydroxylation is 1. The lowest BCUT2D eigenvalue weighted by atomic mass is 10.2. The van der Waals surface area contributed by atoms with Gasteiger partial charge in [0.2, 0.25) is 0 Å². The Morgan fingerprint density at radius 1 is 1.08 bits per heavy atom. The van der Waals surface area contributed by atoms with E-state index in [0.717, 1.165) is 16.7 Å². The Morgan fingerprint density at radius 3 is 2.42 bits per heavy atom. The fourth-order valence-corrected chi connectivity index (χ4v) is 4.03. The van der Waals surface area contributed by atoms with Crippen LogP contribution in [0.15, 0.2) is 64.6 Å². The minimum Gasteiger partial charge on any atom is -0.299 e. The van der Waals surface area contributed by atoms with Gasteiger partial charge in [-0.2, -0.15) is 0 Å². The minimum atomic E-state index is -0.153. The number of ketones is 1. The summed E-state index contributed by atoms with van der Waals surface area (Å²) in [5.74, 6) is 1.72. The van der Waals surface area contributed by atoms with Gasteiger partial charge in [-0.25, -0.2) is 0 Å². The molecule has 1 aromatic heterocycles. The van der Waals surface area contributed by atoms with Crippen LogP contribution in [0.1, 0.15) is 25.2 Å². The molecule has 0 fully saturated rings. The number of thioether (sulfide) groups is 2. The zero-order chi connectivity index (χ0) is 18.5. The Balaban J connectivity index is 1.88. The molecule has 0 radical (unpaired) electrons. The molecule has 0 saturated heterocycles. The number of Topliss-reactive ketones (excluding diaryl/α,β-unsaturated/α-hetero) is 1. The maximum Gasteiger partial charge on any atom is 0.196 e. The van der Waals surface area contributed by atoms with Gasteiger partial charge >= 0.3 is 0 Å². The number of rotatable bonds is 7. The van der Waals surface area contributed by atoms with Gasteiger partial charge in [0.25, 0.3) is 0 Å². The molecule has 134 valence electrons. The third kappa shape index (κ3) is 4.56. The van der Waals surface area contributed by atoms with Crippen molar-refractivity contribution in [3.05, 3.63) is 66.0 Å². The Bertz CT molecular complexity index is 876. The van der Waals surface area contributed by atoms with Crippen molar-refractivity contribution in [2.75, 3.05) is 0 Å². The highest BCUT2D eigenvalue weighted by Crippen LogP contribution is 2.29. The largest absolute Gasteiger partial charge is 0.299 e. The van der Waals surface area contributed by atoms with Crippen LogP contribution in [0, 0.1) is 6.92 Å². The van der Waals surface area contributed by atoms with Gasteiger partial charge in [0.15, 0.2) is 5.16 Å². The van der Waals surface area contributed by atoms with Crippen molar-refractivity contribution in [3.63, 3.8) is 0 Å².